The van der Waals surface area contributed by atoms with Crippen LogP contribution in [0.25, 0.3) is 0 Å². The van der Waals surface area contributed by atoms with Crippen molar-refractivity contribution >= 4 is 0 Å². The predicted molar refractivity (Wildman–Crippen MR) is 77.3 cm³/mol. The van der Waals surface area contributed by atoms with Crippen molar-refractivity contribution in [2.75, 3.05) is 45.9 Å². The predicted octanol–water partition coefficient (Wildman–Crippen LogP) is 1.24. The average molecular weight is 270 g/mol. The maximum Gasteiger partial charge on any atom is 0.0932 e. The van der Waals surface area contributed by atoms with E-state index in [4.69, 9.17) is 4.74 Å². The molecule has 0 aromatic carbocycles. The zero-order valence-corrected chi connectivity index (χ0v) is 12.4. The van der Waals surface area contributed by atoms with Crippen LogP contribution in [0.5, 0.6) is 0 Å². The molecule has 0 bridgehead atoms. The second-order valence-corrected chi connectivity index (χ2v) is 6.25. The lowest BCUT2D eigenvalue weighted by atomic mass is 9.73. The fourth-order valence-corrected chi connectivity index (χ4v) is 3.59. The summed E-state index contributed by atoms with van der Waals surface area (Å²) in [5.41, 5.74) is 0.450. The van der Waals surface area contributed by atoms with Gasteiger partial charge in [0.2, 0.25) is 0 Å². The van der Waals surface area contributed by atoms with Gasteiger partial charge < -0.3 is 15.2 Å². The van der Waals surface area contributed by atoms with Crippen LogP contribution in [0.2, 0.25) is 0 Å². The molecule has 19 heavy (non-hydrogen) atoms. The van der Waals surface area contributed by atoms with Gasteiger partial charge in [-0.2, -0.15) is 0 Å². The van der Waals surface area contributed by atoms with E-state index in [-0.39, 0.29) is 12.7 Å². The van der Waals surface area contributed by atoms with E-state index in [9.17, 15) is 5.11 Å². The highest BCUT2D eigenvalue weighted by molar-refractivity contribution is 4.89. The summed E-state index contributed by atoms with van der Waals surface area (Å²) < 4.78 is 5.55. The molecule has 1 atom stereocenters. The van der Waals surface area contributed by atoms with Gasteiger partial charge in [0, 0.05) is 26.2 Å². The van der Waals surface area contributed by atoms with E-state index in [1.165, 1.54) is 38.6 Å². The summed E-state index contributed by atoms with van der Waals surface area (Å²) in [7, 11) is 0. The SMILES string of the molecule is CCNCC1(CN2CCOC(CO)C2)CCCCC1. The number of hydrogen-bond donors (Lipinski definition) is 2. The molecule has 2 rings (SSSR count). The van der Waals surface area contributed by atoms with Crippen LogP contribution >= 0.6 is 0 Å². The largest absolute Gasteiger partial charge is 0.394 e. The summed E-state index contributed by atoms with van der Waals surface area (Å²) in [5, 5.41) is 12.8. The van der Waals surface area contributed by atoms with Crippen LogP contribution in [0.3, 0.4) is 0 Å². The number of ether oxygens (including phenoxy) is 1. The normalized spacial score (nSPS) is 28.4. The Labute approximate surface area is 117 Å². The molecule has 4 nitrogen and oxygen atoms in total. The smallest absolute Gasteiger partial charge is 0.0932 e. The van der Waals surface area contributed by atoms with Crippen LogP contribution in [0.1, 0.15) is 39.0 Å². The van der Waals surface area contributed by atoms with Gasteiger partial charge in [0.15, 0.2) is 0 Å². The summed E-state index contributed by atoms with van der Waals surface area (Å²) >= 11 is 0. The highest BCUT2D eigenvalue weighted by Crippen LogP contribution is 2.36. The number of hydrogen-bond acceptors (Lipinski definition) is 4. The van der Waals surface area contributed by atoms with Crippen LogP contribution in [0.15, 0.2) is 0 Å². The topological polar surface area (TPSA) is 44.7 Å². The summed E-state index contributed by atoms with van der Waals surface area (Å²) in [4.78, 5) is 2.51. The lowest BCUT2D eigenvalue weighted by Gasteiger charge is -2.43. The van der Waals surface area contributed by atoms with Crippen molar-refractivity contribution in [2.24, 2.45) is 5.41 Å². The first-order valence-corrected chi connectivity index (χ1v) is 7.93. The molecule has 0 aromatic rings. The van der Waals surface area contributed by atoms with Gasteiger partial charge in [-0.1, -0.05) is 26.2 Å². The third-order valence-corrected chi connectivity index (χ3v) is 4.65. The van der Waals surface area contributed by atoms with Crippen molar-refractivity contribution in [3.05, 3.63) is 0 Å². The molecule has 0 amide bonds. The lowest BCUT2D eigenvalue weighted by Crippen LogP contribution is -2.51. The van der Waals surface area contributed by atoms with Gasteiger partial charge >= 0.3 is 0 Å². The molecular formula is C15H30N2O2. The molecule has 112 valence electrons. The van der Waals surface area contributed by atoms with Gasteiger partial charge in [-0.3, -0.25) is 4.90 Å². The Morgan fingerprint density at radius 3 is 2.79 bits per heavy atom. The maximum atomic E-state index is 9.26. The number of morpholine rings is 1. The van der Waals surface area contributed by atoms with Crippen molar-refractivity contribution in [3.63, 3.8) is 0 Å². The van der Waals surface area contributed by atoms with Crippen molar-refractivity contribution in [3.8, 4) is 0 Å². The van der Waals surface area contributed by atoms with Crippen molar-refractivity contribution < 1.29 is 9.84 Å². The number of nitrogens with zero attached hydrogens (tertiary/aromatic N) is 1. The molecule has 1 saturated carbocycles. The highest BCUT2D eigenvalue weighted by Gasteiger charge is 2.34. The molecule has 1 heterocycles. The van der Waals surface area contributed by atoms with E-state index >= 15 is 0 Å². The van der Waals surface area contributed by atoms with E-state index in [2.05, 4.69) is 17.1 Å². The molecule has 0 radical (unpaired) electrons. The monoisotopic (exact) mass is 270 g/mol. The molecular weight excluding hydrogens is 240 g/mol. The Bertz CT molecular complexity index is 255. The molecule has 0 aromatic heterocycles. The maximum absolute atomic E-state index is 9.26. The number of aliphatic hydroxyl groups is 1. The second kappa shape index (κ2) is 7.58. The average Bonchev–Trinajstić information content (AvgIpc) is 2.46. The molecule has 2 aliphatic rings. The Kier molecular flexibility index (Phi) is 6.07. The first kappa shape index (κ1) is 15.2. The van der Waals surface area contributed by atoms with Crippen molar-refractivity contribution in [1.82, 2.24) is 10.2 Å². The highest BCUT2D eigenvalue weighted by atomic mass is 16.5. The summed E-state index contributed by atoms with van der Waals surface area (Å²) in [6, 6.07) is 0. The van der Waals surface area contributed by atoms with Gasteiger partial charge in [0.1, 0.15) is 0 Å². The molecule has 2 fully saturated rings. The van der Waals surface area contributed by atoms with E-state index in [0.717, 1.165) is 32.8 Å². The minimum absolute atomic E-state index is 0.0218. The van der Waals surface area contributed by atoms with Crippen LogP contribution < -0.4 is 5.32 Å². The Morgan fingerprint density at radius 2 is 2.11 bits per heavy atom. The third kappa shape index (κ3) is 4.42. The van der Waals surface area contributed by atoms with Crippen LogP contribution in [-0.2, 0) is 4.74 Å². The van der Waals surface area contributed by atoms with E-state index in [1.807, 2.05) is 0 Å². The fourth-order valence-electron chi connectivity index (χ4n) is 3.59. The first-order valence-electron chi connectivity index (χ1n) is 7.93. The quantitative estimate of drug-likeness (QED) is 0.762. The molecule has 1 aliphatic carbocycles. The zero-order chi connectivity index (χ0) is 13.6. The van der Waals surface area contributed by atoms with E-state index < -0.39 is 0 Å². The lowest BCUT2D eigenvalue weighted by molar-refractivity contribution is -0.0654. The fraction of sp³-hybridized carbons (Fsp3) is 1.00. The standard InChI is InChI=1S/C15H30N2O2/c1-2-16-12-15(6-4-3-5-7-15)13-17-8-9-19-14(10-17)11-18/h14,16,18H,2-13H2,1H3. The van der Waals surface area contributed by atoms with Crippen molar-refractivity contribution in [1.29, 1.82) is 0 Å². The Hall–Kier alpha value is -0.160. The number of aliphatic hydroxyl groups excluding tert-OH is 1. The molecule has 0 spiro atoms. The summed E-state index contributed by atoms with van der Waals surface area (Å²) in [5.74, 6) is 0. The van der Waals surface area contributed by atoms with Crippen molar-refractivity contribution in [2.45, 2.75) is 45.1 Å². The Morgan fingerprint density at radius 1 is 1.32 bits per heavy atom. The summed E-state index contributed by atoms with van der Waals surface area (Å²) in [6.45, 7) is 8.38. The minimum Gasteiger partial charge on any atom is -0.394 e. The number of nitrogens with one attached hydrogen (secondary N) is 1. The minimum atomic E-state index is 0.0218. The molecule has 1 unspecified atom stereocenters. The van der Waals surface area contributed by atoms with Gasteiger partial charge in [-0.25, -0.2) is 0 Å². The summed E-state index contributed by atoms with van der Waals surface area (Å²) in [6.07, 6.45) is 6.87. The third-order valence-electron chi connectivity index (χ3n) is 4.65. The van der Waals surface area contributed by atoms with Gasteiger partial charge in [-0.15, -0.1) is 0 Å². The zero-order valence-electron chi connectivity index (χ0n) is 12.4. The number of rotatable bonds is 6. The molecule has 1 aliphatic heterocycles. The van der Waals surface area contributed by atoms with Crippen LogP contribution in [0, 0.1) is 5.41 Å². The second-order valence-electron chi connectivity index (χ2n) is 6.25. The first-order chi connectivity index (χ1) is 9.28. The van der Waals surface area contributed by atoms with Crippen LogP contribution in [-0.4, -0.2) is 62.0 Å². The Balaban J connectivity index is 1.90. The van der Waals surface area contributed by atoms with Gasteiger partial charge in [0.25, 0.3) is 0 Å². The van der Waals surface area contributed by atoms with Crippen LogP contribution in [0.4, 0.5) is 0 Å². The van der Waals surface area contributed by atoms with E-state index in [1.54, 1.807) is 0 Å². The molecule has 4 heteroatoms. The van der Waals surface area contributed by atoms with Gasteiger partial charge in [-0.05, 0) is 24.8 Å². The van der Waals surface area contributed by atoms with Gasteiger partial charge in [0.05, 0.1) is 19.3 Å². The molecule has 1 saturated heterocycles. The van der Waals surface area contributed by atoms with E-state index in [0.29, 0.717) is 5.41 Å². The molecule has 2 N–H and O–H groups in total.